The molecule has 2 aromatic rings. The molecule has 1 aromatic carbocycles. The molecule has 0 saturated carbocycles. The number of carbonyl (C=O) groups is 1. The topological polar surface area (TPSA) is 50.5 Å². The van der Waals surface area contributed by atoms with Crippen LogP contribution in [-0.2, 0) is 17.8 Å². The van der Waals surface area contributed by atoms with Gasteiger partial charge < -0.3 is 4.90 Å². The van der Waals surface area contributed by atoms with Crippen LogP contribution in [0.15, 0.2) is 46.6 Å². The van der Waals surface area contributed by atoms with Crippen molar-refractivity contribution in [1.82, 2.24) is 14.7 Å². The maximum atomic E-state index is 13.2. The summed E-state index contributed by atoms with van der Waals surface area (Å²) in [4.78, 5) is 19.7. The lowest BCUT2D eigenvalue weighted by atomic mass is 9.95. The van der Waals surface area contributed by atoms with Gasteiger partial charge in [0.1, 0.15) is 12.4 Å². The summed E-state index contributed by atoms with van der Waals surface area (Å²) in [7, 11) is 0. The van der Waals surface area contributed by atoms with Crippen molar-refractivity contribution >= 4 is 11.6 Å². The van der Waals surface area contributed by atoms with Gasteiger partial charge in [-0.1, -0.05) is 13.8 Å². The van der Waals surface area contributed by atoms with E-state index in [1.165, 1.54) is 29.1 Å². The first-order valence-electron chi connectivity index (χ1n) is 10.3. The fourth-order valence-electron chi connectivity index (χ4n) is 4.19. The highest BCUT2D eigenvalue weighted by molar-refractivity contribution is 5.90. The van der Waals surface area contributed by atoms with E-state index in [0.717, 1.165) is 42.8 Å². The summed E-state index contributed by atoms with van der Waals surface area (Å²) in [6, 6.07) is 8.28. The Kier molecular flexibility index (Phi) is 5.35. The van der Waals surface area contributed by atoms with E-state index in [9.17, 15) is 9.18 Å². The lowest BCUT2D eigenvalue weighted by Gasteiger charge is -2.22. The van der Waals surface area contributed by atoms with Crippen LogP contribution < -0.4 is 0 Å². The van der Waals surface area contributed by atoms with Gasteiger partial charge in [-0.05, 0) is 55.7 Å². The van der Waals surface area contributed by atoms with E-state index in [2.05, 4.69) is 25.9 Å². The Balaban J connectivity index is 1.47. The summed E-state index contributed by atoms with van der Waals surface area (Å²) < 4.78 is 15.0. The SMILES string of the molecule is CCc1cc(-c2ccc(F)cc2)nn1CC(=O)N1CCC2=C(CC1)C(C)C(C)=N2. The second kappa shape index (κ2) is 7.93. The summed E-state index contributed by atoms with van der Waals surface area (Å²) in [5.41, 5.74) is 6.38. The Hall–Kier alpha value is -2.76. The quantitative estimate of drug-likeness (QED) is 0.779. The molecule has 152 valence electrons. The molecule has 29 heavy (non-hydrogen) atoms. The van der Waals surface area contributed by atoms with Gasteiger partial charge in [0, 0.05) is 48.1 Å². The summed E-state index contributed by atoms with van der Waals surface area (Å²) in [6.45, 7) is 8.01. The first-order chi connectivity index (χ1) is 14.0. The van der Waals surface area contributed by atoms with Crippen molar-refractivity contribution in [2.45, 2.75) is 46.6 Å². The Labute approximate surface area is 170 Å². The molecule has 4 rings (SSSR count). The maximum Gasteiger partial charge on any atom is 0.244 e. The van der Waals surface area contributed by atoms with Gasteiger partial charge in [-0.15, -0.1) is 0 Å². The third-order valence-corrected chi connectivity index (χ3v) is 6.10. The smallest absolute Gasteiger partial charge is 0.244 e. The van der Waals surface area contributed by atoms with Gasteiger partial charge >= 0.3 is 0 Å². The number of benzene rings is 1. The molecule has 2 aliphatic heterocycles. The summed E-state index contributed by atoms with van der Waals surface area (Å²) >= 11 is 0. The largest absolute Gasteiger partial charge is 0.340 e. The molecule has 1 atom stereocenters. The van der Waals surface area contributed by atoms with Gasteiger partial charge in [-0.25, -0.2) is 4.39 Å². The minimum atomic E-state index is -0.269. The first-order valence-corrected chi connectivity index (χ1v) is 10.3. The van der Waals surface area contributed by atoms with Gasteiger partial charge in [-0.3, -0.25) is 14.5 Å². The highest BCUT2D eigenvalue weighted by atomic mass is 19.1. The maximum absolute atomic E-state index is 13.2. The van der Waals surface area contributed by atoms with Gasteiger partial charge in [0.25, 0.3) is 0 Å². The monoisotopic (exact) mass is 394 g/mol. The van der Waals surface area contributed by atoms with Crippen molar-refractivity contribution in [2.75, 3.05) is 13.1 Å². The second-order valence-corrected chi connectivity index (χ2v) is 7.87. The number of aromatic nitrogens is 2. The van der Waals surface area contributed by atoms with Crippen molar-refractivity contribution in [3.05, 3.63) is 53.1 Å². The van der Waals surface area contributed by atoms with E-state index in [0.29, 0.717) is 12.5 Å². The van der Waals surface area contributed by atoms with Crippen LogP contribution in [0.4, 0.5) is 4.39 Å². The molecule has 0 fully saturated rings. The first kappa shape index (κ1) is 19.6. The van der Waals surface area contributed by atoms with Gasteiger partial charge in [0.05, 0.1) is 5.69 Å². The number of amides is 1. The Morgan fingerprint density at radius 3 is 2.66 bits per heavy atom. The zero-order valence-electron chi connectivity index (χ0n) is 17.3. The molecule has 0 bridgehead atoms. The van der Waals surface area contributed by atoms with Gasteiger partial charge in [0.2, 0.25) is 5.91 Å². The van der Waals surface area contributed by atoms with Gasteiger partial charge in [-0.2, -0.15) is 5.10 Å². The van der Waals surface area contributed by atoms with Crippen molar-refractivity contribution in [3.63, 3.8) is 0 Å². The molecule has 2 aliphatic rings. The Morgan fingerprint density at radius 1 is 1.21 bits per heavy atom. The third-order valence-electron chi connectivity index (χ3n) is 6.10. The fraction of sp³-hybridized carbons (Fsp3) is 0.435. The number of aliphatic imine (C=N–C) groups is 1. The lowest BCUT2D eigenvalue weighted by molar-refractivity contribution is -0.132. The number of hydrogen-bond donors (Lipinski definition) is 0. The number of aryl methyl sites for hydroxylation is 1. The van der Waals surface area contributed by atoms with Crippen LogP contribution in [0.1, 0.15) is 39.3 Å². The van der Waals surface area contributed by atoms with E-state index in [1.807, 2.05) is 11.0 Å². The number of halogens is 1. The molecule has 1 amide bonds. The Morgan fingerprint density at radius 2 is 1.93 bits per heavy atom. The summed E-state index contributed by atoms with van der Waals surface area (Å²) in [5.74, 6) is 0.216. The molecular weight excluding hydrogens is 367 g/mol. The van der Waals surface area contributed by atoms with Crippen LogP contribution in [0.2, 0.25) is 0 Å². The average Bonchev–Trinajstić information content (AvgIpc) is 3.14. The van der Waals surface area contributed by atoms with E-state index >= 15 is 0 Å². The van der Waals surface area contributed by atoms with Crippen molar-refractivity contribution < 1.29 is 9.18 Å². The van der Waals surface area contributed by atoms with Gasteiger partial charge in [0.15, 0.2) is 0 Å². The van der Waals surface area contributed by atoms with Crippen LogP contribution in [0.25, 0.3) is 11.3 Å². The van der Waals surface area contributed by atoms with Crippen molar-refractivity contribution in [2.24, 2.45) is 10.9 Å². The van der Waals surface area contributed by atoms with E-state index in [-0.39, 0.29) is 18.3 Å². The molecule has 5 nitrogen and oxygen atoms in total. The number of rotatable bonds is 4. The fourth-order valence-corrected chi connectivity index (χ4v) is 4.19. The zero-order chi connectivity index (χ0) is 20.5. The van der Waals surface area contributed by atoms with Crippen LogP contribution in [0.5, 0.6) is 0 Å². The standard InChI is InChI=1S/C23H27FN4O/c1-4-19-13-22(17-5-7-18(24)8-6-17)26-28(19)14-23(29)27-11-9-20-15(2)16(3)25-21(20)10-12-27/h5-8,13,15H,4,9-12,14H2,1-3H3. The average molecular weight is 394 g/mol. The molecule has 0 aliphatic carbocycles. The number of hydrogen-bond acceptors (Lipinski definition) is 3. The number of carbonyl (C=O) groups excluding carboxylic acids is 1. The minimum Gasteiger partial charge on any atom is -0.340 e. The molecule has 0 spiro atoms. The Bertz CT molecular complexity index is 987. The summed E-state index contributed by atoms with van der Waals surface area (Å²) in [5, 5.41) is 4.63. The van der Waals surface area contributed by atoms with Crippen LogP contribution in [0, 0.1) is 11.7 Å². The molecular formula is C23H27FN4O. The van der Waals surface area contributed by atoms with Crippen molar-refractivity contribution in [1.29, 1.82) is 0 Å². The molecule has 0 saturated heterocycles. The summed E-state index contributed by atoms with van der Waals surface area (Å²) in [6.07, 6.45) is 2.50. The lowest BCUT2D eigenvalue weighted by Crippen LogP contribution is -2.35. The molecule has 1 aromatic heterocycles. The predicted molar refractivity (Wildman–Crippen MR) is 112 cm³/mol. The van der Waals surface area contributed by atoms with E-state index in [4.69, 9.17) is 4.99 Å². The zero-order valence-corrected chi connectivity index (χ0v) is 17.3. The van der Waals surface area contributed by atoms with E-state index in [1.54, 1.807) is 16.8 Å². The van der Waals surface area contributed by atoms with Crippen LogP contribution >= 0.6 is 0 Å². The molecule has 0 radical (unpaired) electrons. The van der Waals surface area contributed by atoms with Crippen molar-refractivity contribution in [3.8, 4) is 11.3 Å². The van der Waals surface area contributed by atoms with E-state index < -0.39 is 0 Å². The normalized spacial score (nSPS) is 19.2. The minimum absolute atomic E-state index is 0.0861. The number of nitrogens with zero attached hydrogens (tertiary/aromatic N) is 4. The second-order valence-electron chi connectivity index (χ2n) is 7.87. The molecule has 0 N–H and O–H groups in total. The predicted octanol–water partition coefficient (Wildman–Crippen LogP) is 4.24. The van der Waals surface area contributed by atoms with Crippen LogP contribution in [-0.4, -0.2) is 39.4 Å². The highest BCUT2D eigenvalue weighted by Gasteiger charge is 2.28. The highest BCUT2D eigenvalue weighted by Crippen LogP contribution is 2.32. The molecule has 1 unspecified atom stereocenters. The molecule has 3 heterocycles. The third kappa shape index (κ3) is 3.88. The van der Waals surface area contributed by atoms with Crippen LogP contribution in [0.3, 0.4) is 0 Å². The molecule has 6 heteroatoms.